The lowest BCUT2D eigenvalue weighted by Crippen LogP contribution is -2.39. The fraction of sp³-hybridized carbons (Fsp3) is 0.600. The molecule has 2 rings (SSSR count). The van der Waals surface area contributed by atoms with Crippen LogP contribution in [0.25, 0.3) is 0 Å². The van der Waals surface area contributed by atoms with E-state index in [2.05, 4.69) is 38.3 Å². The number of rotatable bonds is 18. The van der Waals surface area contributed by atoms with Gasteiger partial charge in [-0.3, -0.25) is 10.9 Å². The minimum absolute atomic E-state index is 0.0472. The number of hydrogen-bond acceptors (Lipinski definition) is 8. The second kappa shape index (κ2) is 17.2. The Labute approximate surface area is 208 Å². The van der Waals surface area contributed by atoms with Crippen molar-refractivity contribution >= 4 is 11.8 Å². The number of anilines is 1. The number of amides is 2. The third kappa shape index (κ3) is 11.6. The van der Waals surface area contributed by atoms with Crippen LogP contribution < -0.4 is 30.4 Å². The molecule has 0 aliphatic heterocycles. The summed E-state index contributed by atoms with van der Waals surface area (Å²) in [4.78, 5) is 16.1. The van der Waals surface area contributed by atoms with Crippen LogP contribution >= 0.6 is 0 Å². The van der Waals surface area contributed by atoms with Crippen molar-refractivity contribution < 1.29 is 19.0 Å². The highest BCUT2D eigenvalue weighted by atomic mass is 16.5. The Morgan fingerprint density at radius 3 is 2.14 bits per heavy atom. The molecule has 10 nitrogen and oxygen atoms in total. The molecular formula is C25H40N6O4. The molecule has 0 aliphatic rings. The van der Waals surface area contributed by atoms with Gasteiger partial charge in [-0.1, -0.05) is 81.9 Å². The molecule has 0 spiro atoms. The first-order valence-electron chi connectivity index (χ1n) is 12.5. The molecule has 0 unspecified atom stereocenters. The van der Waals surface area contributed by atoms with Crippen molar-refractivity contribution in [3.05, 3.63) is 29.8 Å². The Morgan fingerprint density at radius 1 is 0.857 bits per heavy atom. The summed E-state index contributed by atoms with van der Waals surface area (Å²) in [6.07, 6.45) is 13.1. The van der Waals surface area contributed by atoms with Crippen molar-refractivity contribution in [1.82, 2.24) is 25.9 Å². The van der Waals surface area contributed by atoms with Crippen molar-refractivity contribution in [3.8, 4) is 17.6 Å². The second-order valence-corrected chi connectivity index (χ2v) is 8.26. The number of benzene rings is 1. The Bertz CT molecular complexity index is 850. The molecule has 0 aliphatic carbocycles. The van der Waals surface area contributed by atoms with Crippen LogP contribution in [-0.4, -0.2) is 42.0 Å². The maximum absolute atomic E-state index is 12.1. The van der Waals surface area contributed by atoms with Crippen LogP contribution in [0.1, 0.15) is 76.7 Å². The minimum Gasteiger partial charge on any atom is -0.494 e. The van der Waals surface area contributed by atoms with Crippen LogP contribution in [0, 0.1) is 0 Å². The standard InChI is InChI=1S/C25H40N6O4/c1-4-5-6-7-8-9-10-11-12-13-18-35-21-16-14-20(15-17-21)19-26-24(32)30-28-22-23(33-2)29-31-25(27-22)34-3/h14-17H,4-13,18-19H2,1-3H3,(H2,26,30,32)(H,27,28,31). The summed E-state index contributed by atoms with van der Waals surface area (Å²) in [6, 6.07) is 7.32. The normalized spacial score (nSPS) is 10.5. The maximum Gasteiger partial charge on any atom is 0.337 e. The number of carbonyl (C=O) groups excluding carboxylic acids is 1. The van der Waals surface area contributed by atoms with E-state index in [4.69, 9.17) is 14.2 Å². The summed E-state index contributed by atoms with van der Waals surface area (Å²) >= 11 is 0. The van der Waals surface area contributed by atoms with Crippen LogP contribution in [-0.2, 0) is 6.54 Å². The number of urea groups is 1. The molecule has 2 amide bonds. The van der Waals surface area contributed by atoms with E-state index < -0.39 is 6.03 Å². The summed E-state index contributed by atoms with van der Waals surface area (Å²) in [7, 11) is 2.84. The van der Waals surface area contributed by atoms with E-state index in [1.165, 1.54) is 72.0 Å². The minimum atomic E-state index is -0.439. The first-order chi connectivity index (χ1) is 17.2. The van der Waals surface area contributed by atoms with Gasteiger partial charge < -0.3 is 19.5 Å². The molecule has 1 heterocycles. The van der Waals surface area contributed by atoms with Crippen LogP contribution in [0.15, 0.2) is 24.3 Å². The Kier molecular flexibility index (Phi) is 13.7. The van der Waals surface area contributed by atoms with Gasteiger partial charge in [0.05, 0.1) is 20.8 Å². The number of nitrogens with one attached hydrogen (secondary N) is 3. The van der Waals surface area contributed by atoms with Crippen LogP contribution in [0.3, 0.4) is 0 Å². The van der Waals surface area contributed by atoms with Gasteiger partial charge in [0.2, 0.25) is 5.82 Å². The quantitative estimate of drug-likeness (QED) is 0.198. The van der Waals surface area contributed by atoms with E-state index in [0.29, 0.717) is 6.54 Å². The number of nitrogens with zero attached hydrogens (tertiary/aromatic N) is 3. The first kappa shape index (κ1) is 27.9. The molecule has 1 aromatic heterocycles. The van der Waals surface area contributed by atoms with E-state index in [-0.39, 0.29) is 17.7 Å². The highest BCUT2D eigenvalue weighted by Crippen LogP contribution is 2.18. The molecule has 0 saturated heterocycles. The summed E-state index contributed by atoms with van der Waals surface area (Å²) in [5.41, 5.74) is 6.07. The van der Waals surface area contributed by atoms with Crippen LogP contribution in [0.5, 0.6) is 17.6 Å². The van der Waals surface area contributed by atoms with Crippen molar-refractivity contribution in [2.75, 3.05) is 26.3 Å². The van der Waals surface area contributed by atoms with Gasteiger partial charge in [-0.05, 0) is 24.1 Å². The summed E-state index contributed by atoms with van der Waals surface area (Å²) in [5.74, 6) is 1.14. The van der Waals surface area contributed by atoms with E-state index >= 15 is 0 Å². The van der Waals surface area contributed by atoms with Gasteiger partial charge in [0, 0.05) is 6.54 Å². The Morgan fingerprint density at radius 2 is 1.51 bits per heavy atom. The van der Waals surface area contributed by atoms with Gasteiger partial charge in [0.1, 0.15) is 5.75 Å². The molecule has 0 bridgehead atoms. The lowest BCUT2D eigenvalue weighted by atomic mass is 10.1. The molecule has 2 aromatic rings. The Balaban J connectivity index is 1.57. The second-order valence-electron chi connectivity index (χ2n) is 8.26. The molecule has 10 heteroatoms. The van der Waals surface area contributed by atoms with Crippen LogP contribution in [0.4, 0.5) is 10.6 Å². The fourth-order valence-electron chi connectivity index (χ4n) is 3.43. The number of hydrazine groups is 1. The average Bonchev–Trinajstić information content (AvgIpc) is 2.89. The van der Waals surface area contributed by atoms with Crippen molar-refractivity contribution in [1.29, 1.82) is 0 Å². The van der Waals surface area contributed by atoms with Gasteiger partial charge in [-0.2, -0.15) is 4.98 Å². The fourth-order valence-corrected chi connectivity index (χ4v) is 3.43. The molecule has 194 valence electrons. The van der Waals surface area contributed by atoms with Gasteiger partial charge >= 0.3 is 12.0 Å². The zero-order valence-electron chi connectivity index (χ0n) is 21.3. The third-order valence-electron chi connectivity index (χ3n) is 5.45. The van der Waals surface area contributed by atoms with Gasteiger partial charge in [-0.15, -0.1) is 5.10 Å². The van der Waals surface area contributed by atoms with Gasteiger partial charge in [-0.25, -0.2) is 4.79 Å². The molecule has 0 saturated carbocycles. The van der Waals surface area contributed by atoms with E-state index in [1.54, 1.807) is 0 Å². The number of carbonyl (C=O) groups is 1. The van der Waals surface area contributed by atoms with Crippen molar-refractivity contribution in [2.45, 2.75) is 77.7 Å². The smallest absolute Gasteiger partial charge is 0.337 e. The van der Waals surface area contributed by atoms with Crippen molar-refractivity contribution in [2.24, 2.45) is 0 Å². The zero-order valence-corrected chi connectivity index (χ0v) is 21.3. The Hall–Kier alpha value is -3.30. The molecule has 0 fully saturated rings. The number of unbranched alkanes of at least 4 members (excludes halogenated alkanes) is 9. The largest absolute Gasteiger partial charge is 0.494 e. The number of ether oxygens (including phenoxy) is 3. The SMILES string of the molecule is CCCCCCCCCCCCOc1ccc(CNC(=O)NNc2nc(OC)nnc2OC)cc1. The number of hydrogen-bond donors (Lipinski definition) is 3. The first-order valence-corrected chi connectivity index (χ1v) is 12.5. The highest BCUT2D eigenvalue weighted by Gasteiger charge is 2.11. The van der Waals surface area contributed by atoms with E-state index in [9.17, 15) is 4.79 Å². The third-order valence-corrected chi connectivity index (χ3v) is 5.45. The predicted molar refractivity (Wildman–Crippen MR) is 136 cm³/mol. The number of aromatic nitrogens is 3. The average molecular weight is 489 g/mol. The number of methoxy groups -OCH3 is 2. The predicted octanol–water partition coefficient (Wildman–Crippen LogP) is 5.01. The lowest BCUT2D eigenvalue weighted by molar-refractivity contribution is 0.242. The lowest BCUT2D eigenvalue weighted by Gasteiger charge is -2.12. The monoisotopic (exact) mass is 488 g/mol. The zero-order chi connectivity index (χ0) is 25.1. The highest BCUT2D eigenvalue weighted by molar-refractivity contribution is 5.75. The maximum atomic E-state index is 12.1. The van der Waals surface area contributed by atoms with Crippen molar-refractivity contribution in [3.63, 3.8) is 0 Å². The molecule has 35 heavy (non-hydrogen) atoms. The van der Waals surface area contributed by atoms with Gasteiger partial charge in [0.15, 0.2) is 0 Å². The molecule has 0 radical (unpaired) electrons. The molecular weight excluding hydrogens is 448 g/mol. The molecule has 3 N–H and O–H groups in total. The summed E-state index contributed by atoms with van der Waals surface area (Å²) < 4.78 is 15.8. The summed E-state index contributed by atoms with van der Waals surface area (Å²) in [6.45, 7) is 3.34. The van der Waals surface area contributed by atoms with E-state index in [1.807, 2.05) is 24.3 Å². The molecule has 0 atom stereocenters. The summed E-state index contributed by atoms with van der Waals surface area (Å²) in [5, 5.41) is 10.3. The van der Waals surface area contributed by atoms with Gasteiger partial charge in [0.25, 0.3) is 5.88 Å². The topological polar surface area (TPSA) is 120 Å². The molecule has 1 aromatic carbocycles. The van der Waals surface area contributed by atoms with E-state index in [0.717, 1.165) is 24.3 Å². The van der Waals surface area contributed by atoms with Crippen LogP contribution in [0.2, 0.25) is 0 Å².